The molecule has 0 unspecified atom stereocenters. The summed E-state index contributed by atoms with van der Waals surface area (Å²) in [7, 11) is 0. The van der Waals surface area contributed by atoms with E-state index in [0.717, 1.165) is 35.2 Å². The van der Waals surface area contributed by atoms with E-state index in [-0.39, 0.29) is 11.8 Å². The van der Waals surface area contributed by atoms with E-state index in [1.807, 2.05) is 29.2 Å². The fourth-order valence-electron chi connectivity index (χ4n) is 3.67. The fourth-order valence-corrected chi connectivity index (χ4v) is 3.85. The standard InChI is InChI=1S/C21H17ClN2O3/c22-15-5-6-17-14(11-15)12-19(26-17)21(25)24-9-7-13(8-10-24)20-23-16-3-1-2-4-18(16)27-20/h1-6,11-13H,7-10H2. The Morgan fingerprint density at radius 3 is 2.67 bits per heavy atom. The van der Waals surface area contributed by atoms with Crippen molar-refractivity contribution in [1.82, 2.24) is 9.88 Å². The number of aromatic nitrogens is 1. The third kappa shape index (κ3) is 2.98. The summed E-state index contributed by atoms with van der Waals surface area (Å²) < 4.78 is 11.6. The maximum absolute atomic E-state index is 12.8. The number of carbonyl (C=O) groups is 1. The Bertz CT molecular complexity index is 1110. The van der Waals surface area contributed by atoms with Gasteiger partial charge in [0.15, 0.2) is 17.2 Å². The van der Waals surface area contributed by atoms with E-state index < -0.39 is 0 Å². The lowest BCUT2D eigenvalue weighted by Gasteiger charge is -2.29. The van der Waals surface area contributed by atoms with Crippen LogP contribution < -0.4 is 0 Å². The number of hydrogen-bond donors (Lipinski definition) is 0. The van der Waals surface area contributed by atoms with Crippen LogP contribution in [0.1, 0.15) is 35.2 Å². The van der Waals surface area contributed by atoms with Gasteiger partial charge in [-0.25, -0.2) is 4.98 Å². The van der Waals surface area contributed by atoms with Gasteiger partial charge in [0.05, 0.1) is 0 Å². The van der Waals surface area contributed by atoms with Crippen molar-refractivity contribution in [3.8, 4) is 0 Å². The highest BCUT2D eigenvalue weighted by Crippen LogP contribution is 2.31. The summed E-state index contributed by atoms with van der Waals surface area (Å²) in [5.74, 6) is 1.27. The van der Waals surface area contributed by atoms with Crippen LogP contribution in [0.4, 0.5) is 0 Å². The second-order valence-electron chi connectivity index (χ2n) is 6.88. The molecule has 5 nitrogen and oxygen atoms in total. The van der Waals surface area contributed by atoms with Crippen LogP contribution in [0.5, 0.6) is 0 Å². The molecular formula is C21H17ClN2O3. The van der Waals surface area contributed by atoms with Crippen molar-refractivity contribution in [3.63, 3.8) is 0 Å². The van der Waals surface area contributed by atoms with Gasteiger partial charge in [0.2, 0.25) is 0 Å². The highest BCUT2D eigenvalue weighted by atomic mass is 35.5. The molecule has 0 N–H and O–H groups in total. The van der Waals surface area contributed by atoms with E-state index in [1.165, 1.54) is 0 Å². The molecule has 0 bridgehead atoms. The van der Waals surface area contributed by atoms with Gasteiger partial charge in [-0.2, -0.15) is 0 Å². The summed E-state index contributed by atoms with van der Waals surface area (Å²) >= 11 is 6.01. The minimum absolute atomic E-state index is 0.0849. The maximum Gasteiger partial charge on any atom is 0.289 e. The fraction of sp³-hybridized carbons (Fsp3) is 0.238. The molecule has 4 aromatic rings. The van der Waals surface area contributed by atoms with Gasteiger partial charge in [-0.3, -0.25) is 4.79 Å². The van der Waals surface area contributed by atoms with Crippen molar-refractivity contribution < 1.29 is 13.6 Å². The smallest absolute Gasteiger partial charge is 0.289 e. The number of piperidine rings is 1. The second-order valence-corrected chi connectivity index (χ2v) is 7.32. The minimum Gasteiger partial charge on any atom is -0.451 e. The normalized spacial score (nSPS) is 15.7. The lowest BCUT2D eigenvalue weighted by Crippen LogP contribution is -2.37. The first-order valence-corrected chi connectivity index (χ1v) is 9.39. The van der Waals surface area contributed by atoms with Gasteiger partial charge in [-0.15, -0.1) is 0 Å². The summed E-state index contributed by atoms with van der Waals surface area (Å²) in [6.45, 7) is 1.31. The Balaban J connectivity index is 1.31. The number of rotatable bonds is 2. The lowest BCUT2D eigenvalue weighted by atomic mass is 9.96. The van der Waals surface area contributed by atoms with E-state index in [1.54, 1.807) is 24.3 Å². The molecule has 1 saturated heterocycles. The maximum atomic E-state index is 12.8. The molecular weight excluding hydrogens is 364 g/mol. The molecule has 0 radical (unpaired) electrons. The average molecular weight is 381 g/mol. The molecule has 0 atom stereocenters. The SMILES string of the molecule is O=C(c1cc2cc(Cl)ccc2o1)N1CCC(c2nc3ccccc3o2)CC1. The van der Waals surface area contributed by atoms with E-state index in [2.05, 4.69) is 4.98 Å². The summed E-state index contributed by atoms with van der Waals surface area (Å²) in [5.41, 5.74) is 2.36. The van der Waals surface area contributed by atoms with Gasteiger partial charge in [-0.05, 0) is 49.2 Å². The third-order valence-corrected chi connectivity index (χ3v) is 5.37. The van der Waals surface area contributed by atoms with Gasteiger partial charge in [0, 0.05) is 29.4 Å². The monoisotopic (exact) mass is 380 g/mol. The summed E-state index contributed by atoms with van der Waals surface area (Å²) in [6.07, 6.45) is 1.65. The van der Waals surface area contributed by atoms with Gasteiger partial charge >= 0.3 is 0 Å². The quantitative estimate of drug-likeness (QED) is 0.476. The van der Waals surface area contributed by atoms with Crippen molar-refractivity contribution in [2.45, 2.75) is 18.8 Å². The van der Waals surface area contributed by atoms with Crippen LogP contribution in [0.15, 0.2) is 57.4 Å². The van der Waals surface area contributed by atoms with Gasteiger partial charge in [-0.1, -0.05) is 23.7 Å². The summed E-state index contributed by atoms with van der Waals surface area (Å²) in [6, 6.07) is 14.9. The first-order chi connectivity index (χ1) is 13.2. The molecule has 6 heteroatoms. The highest BCUT2D eigenvalue weighted by molar-refractivity contribution is 6.31. The molecule has 5 rings (SSSR count). The first-order valence-electron chi connectivity index (χ1n) is 9.01. The zero-order valence-corrected chi connectivity index (χ0v) is 15.3. The Morgan fingerprint density at radius 1 is 1.04 bits per heavy atom. The van der Waals surface area contributed by atoms with Crippen LogP contribution >= 0.6 is 11.6 Å². The Hall–Kier alpha value is -2.79. The molecule has 3 heterocycles. The minimum atomic E-state index is -0.0849. The molecule has 2 aromatic carbocycles. The van der Waals surface area contributed by atoms with Crippen molar-refractivity contribution in [3.05, 3.63) is 65.2 Å². The van der Waals surface area contributed by atoms with Crippen molar-refractivity contribution in [2.24, 2.45) is 0 Å². The number of para-hydroxylation sites is 2. The second kappa shape index (κ2) is 6.43. The number of likely N-dealkylation sites (tertiary alicyclic amines) is 1. The third-order valence-electron chi connectivity index (χ3n) is 5.13. The van der Waals surface area contributed by atoms with Gasteiger partial charge < -0.3 is 13.7 Å². The topological polar surface area (TPSA) is 59.5 Å². The molecule has 27 heavy (non-hydrogen) atoms. The molecule has 1 aliphatic heterocycles. The van der Waals surface area contributed by atoms with Crippen LogP contribution in [0.25, 0.3) is 22.1 Å². The van der Waals surface area contributed by atoms with E-state index >= 15 is 0 Å². The molecule has 1 aliphatic rings. The Kier molecular flexibility index (Phi) is 3.90. The van der Waals surface area contributed by atoms with Crippen LogP contribution in [0.2, 0.25) is 5.02 Å². The van der Waals surface area contributed by atoms with Crippen LogP contribution in [-0.2, 0) is 0 Å². The highest BCUT2D eigenvalue weighted by Gasteiger charge is 2.29. The number of benzene rings is 2. The number of nitrogens with zero attached hydrogens (tertiary/aromatic N) is 2. The number of halogens is 1. The number of oxazole rings is 1. The molecule has 0 saturated carbocycles. The lowest BCUT2D eigenvalue weighted by molar-refractivity contribution is 0.0677. The van der Waals surface area contributed by atoms with Crippen LogP contribution in [0.3, 0.4) is 0 Å². The number of carbonyl (C=O) groups excluding carboxylic acids is 1. The largest absolute Gasteiger partial charge is 0.451 e. The predicted molar refractivity (Wildman–Crippen MR) is 103 cm³/mol. The van der Waals surface area contributed by atoms with Crippen LogP contribution in [-0.4, -0.2) is 28.9 Å². The zero-order valence-electron chi connectivity index (χ0n) is 14.5. The van der Waals surface area contributed by atoms with Crippen molar-refractivity contribution in [2.75, 3.05) is 13.1 Å². The number of amides is 1. The zero-order chi connectivity index (χ0) is 18.4. The number of hydrogen-bond acceptors (Lipinski definition) is 4. The van der Waals surface area contributed by atoms with Crippen molar-refractivity contribution >= 4 is 39.6 Å². The van der Waals surface area contributed by atoms with E-state index in [4.69, 9.17) is 20.4 Å². The molecule has 136 valence electrons. The average Bonchev–Trinajstić information content (AvgIpc) is 3.31. The van der Waals surface area contributed by atoms with Crippen LogP contribution in [0, 0.1) is 0 Å². The van der Waals surface area contributed by atoms with E-state index in [9.17, 15) is 4.79 Å². The van der Waals surface area contributed by atoms with Gasteiger partial charge in [0.25, 0.3) is 5.91 Å². The molecule has 0 aliphatic carbocycles. The number of furan rings is 1. The Labute approximate surface area is 160 Å². The van der Waals surface area contributed by atoms with Crippen molar-refractivity contribution in [1.29, 1.82) is 0 Å². The molecule has 0 spiro atoms. The predicted octanol–water partition coefficient (Wildman–Crippen LogP) is 5.25. The molecule has 1 amide bonds. The summed E-state index contributed by atoms with van der Waals surface area (Å²) in [4.78, 5) is 19.2. The van der Waals surface area contributed by atoms with E-state index in [0.29, 0.717) is 29.5 Å². The van der Waals surface area contributed by atoms with Gasteiger partial charge in [0.1, 0.15) is 11.1 Å². The molecule has 2 aromatic heterocycles. The first kappa shape index (κ1) is 16.4. The number of fused-ring (bicyclic) bond motifs is 2. The Morgan fingerprint density at radius 2 is 1.85 bits per heavy atom. The summed E-state index contributed by atoms with van der Waals surface area (Å²) in [5, 5.41) is 1.47. The molecule has 1 fully saturated rings.